The molecule has 0 aliphatic carbocycles. The van der Waals surface area contributed by atoms with Crippen LogP contribution in [0.2, 0.25) is 0 Å². The molecule has 106 valence electrons. The molecule has 1 aromatic carbocycles. The van der Waals surface area contributed by atoms with E-state index in [1.165, 1.54) is 16.7 Å². The van der Waals surface area contributed by atoms with Crippen LogP contribution < -0.4 is 0 Å². The molecule has 0 saturated carbocycles. The van der Waals surface area contributed by atoms with Crippen LogP contribution in [0.3, 0.4) is 0 Å². The van der Waals surface area contributed by atoms with Crippen LogP contribution in [-0.4, -0.2) is 13.2 Å². The molecule has 0 radical (unpaired) electrons. The highest BCUT2D eigenvalue weighted by molar-refractivity contribution is 6.21. The zero-order valence-electron chi connectivity index (χ0n) is 12.4. The highest BCUT2D eigenvalue weighted by Gasteiger charge is 2.27. The molecular weight excluding hydrogens is 256 g/mol. The second-order valence-electron chi connectivity index (χ2n) is 6.22. The molecule has 0 amide bonds. The first-order valence-corrected chi connectivity index (χ1v) is 7.80. The van der Waals surface area contributed by atoms with Gasteiger partial charge in [-0.15, -0.1) is 11.6 Å². The Balaban J connectivity index is 2.32. The van der Waals surface area contributed by atoms with E-state index < -0.39 is 0 Å². The SMILES string of the molecule is CC(C)c1ccc(C(Cl)C2CCOC2)c(C(C)C)c1. The Morgan fingerprint density at radius 2 is 1.84 bits per heavy atom. The molecule has 0 bridgehead atoms. The van der Waals surface area contributed by atoms with E-state index in [1.54, 1.807) is 0 Å². The smallest absolute Gasteiger partial charge is 0.0639 e. The monoisotopic (exact) mass is 280 g/mol. The zero-order chi connectivity index (χ0) is 14.0. The summed E-state index contributed by atoms with van der Waals surface area (Å²) in [5.41, 5.74) is 4.11. The highest BCUT2D eigenvalue weighted by atomic mass is 35.5. The minimum atomic E-state index is 0.0844. The fourth-order valence-electron chi connectivity index (χ4n) is 2.74. The maximum atomic E-state index is 6.71. The van der Waals surface area contributed by atoms with E-state index in [-0.39, 0.29) is 5.38 Å². The third-order valence-corrected chi connectivity index (χ3v) is 4.67. The van der Waals surface area contributed by atoms with Crippen molar-refractivity contribution in [2.45, 2.75) is 51.3 Å². The third-order valence-electron chi connectivity index (χ3n) is 4.08. The number of rotatable bonds is 4. The average Bonchev–Trinajstić information content (AvgIpc) is 2.90. The van der Waals surface area contributed by atoms with Gasteiger partial charge in [-0.3, -0.25) is 0 Å². The first kappa shape index (κ1) is 14.9. The summed E-state index contributed by atoms with van der Waals surface area (Å²) in [4.78, 5) is 0. The second kappa shape index (κ2) is 6.28. The van der Waals surface area contributed by atoms with E-state index in [1.807, 2.05) is 0 Å². The highest BCUT2D eigenvalue weighted by Crippen LogP contribution is 2.39. The fraction of sp³-hybridized carbons (Fsp3) is 0.647. The molecule has 0 spiro atoms. The fourth-order valence-corrected chi connectivity index (χ4v) is 3.14. The van der Waals surface area contributed by atoms with Crippen LogP contribution in [0.15, 0.2) is 18.2 Å². The van der Waals surface area contributed by atoms with Crippen molar-refractivity contribution in [1.29, 1.82) is 0 Å². The lowest BCUT2D eigenvalue weighted by Gasteiger charge is -2.22. The van der Waals surface area contributed by atoms with E-state index in [0.717, 1.165) is 19.6 Å². The van der Waals surface area contributed by atoms with Crippen LogP contribution in [0.4, 0.5) is 0 Å². The molecule has 1 heterocycles. The molecule has 1 fully saturated rings. The van der Waals surface area contributed by atoms with Gasteiger partial charge in [0.1, 0.15) is 0 Å². The maximum Gasteiger partial charge on any atom is 0.0639 e. The van der Waals surface area contributed by atoms with Crippen molar-refractivity contribution < 1.29 is 4.74 Å². The Bertz CT molecular complexity index is 419. The second-order valence-corrected chi connectivity index (χ2v) is 6.69. The van der Waals surface area contributed by atoms with Gasteiger partial charge < -0.3 is 4.74 Å². The summed E-state index contributed by atoms with van der Waals surface area (Å²) >= 11 is 6.71. The van der Waals surface area contributed by atoms with E-state index in [2.05, 4.69) is 45.9 Å². The van der Waals surface area contributed by atoms with Crippen LogP contribution >= 0.6 is 11.6 Å². The minimum absolute atomic E-state index is 0.0844. The van der Waals surface area contributed by atoms with Crippen molar-refractivity contribution in [1.82, 2.24) is 0 Å². The lowest BCUT2D eigenvalue weighted by Crippen LogP contribution is -2.11. The molecule has 2 atom stereocenters. The lowest BCUT2D eigenvalue weighted by molar-refractivity contribution is 0.185. The topological polar surface area (TPSA) is 9.23 Å². The van der Waals surface area contributed by atoms with Gasteiger partial charge in [0.05, 0.1) is 12.0 Å². The Labute approximate surface area is 122 Å². The molecule has 1 saturated heterocycles. The van der Waals surface area contributed by atoms with Crippen molar-refractivity contribution >= 4 is 11.6 Å². The number of hydrogen-bond acceptors (Lipinski definition) is 1. The van der Waals surface area contributed by atoms with Crippen LogP contribution in [0.5, 0.6) is 0 Å². The van der Waals surface area contributed by atoms with Crippen molar-refractivity contribution in [3.63, 3.8) is 0 Å². The minimum Gasteiger partial charge on any atom is -0.381 e. The van der Waals surface area contributed by atoms with Crippen LogP contribution in [0.25, 0.3) is 0 Å². The summed E-state index contributed by atoms with van der Waals surface area (Å²) in [6.07, 6.45) is 1.08. The summed E-state index contributed by atoms with van der Waals surface area (Å²) in [7, 11) is 0. The van der Waals surface area contributed by atoms with Crippen LogP contribution in [-0.2, 0) is 4.74 Å². The number of benzene rings is 1. The normalized spacial score (nSPS) is 21.3. The molecule has 1 nitrogen and oxygen atoms in total. The van der Waals surface area contributed by atoms with E-state index >= 15 is 0 Å². The zero-order valence-corrected chi connectivity index (χ0v) is 13.2. The van der Waals surface area contributed by atoms with Crippen molar-refractivity contribution in [3.8, 4) is 0 Å². The van der Waals surface area contributed by atoms with Gasteiger partial charge in [-0.25, -0.2) is 0 Å². The number of halogens is 1. The van der Waals surface area contributed by atoms with Crippen molar-refractivity contribution in [3.05, 3.63) is 34.9 Å². The summed E-state index contributed by atoms with van der Waals surface area (Å²) in [6, 6.07) is 6.81. The summed E-state index contributed by atoms with van der Waals surface area (Å²) in [5, 5.41) is 0.0844. The predicted octanol–water partition coefficient (Wildman–Crippen LogP) is 5.25. The van der Waals surface area contributed by atoms with Crippen molar-refractivity contribution in [2.24, 2.45) is 5.92 Å². The lowest BCUT2D eigenvalue weighted by atomic mass is 9.87. The molecule has 0 N–H and O–H groups in total. The molecule has 19 heavy (non-hydrogen) atoms. The standard InChI is InChI=1S/C17H25ClO/c1-11(2)13-5-6-15(16(9-13)12(3)4)17(18)14-7-8-19-10-14/h5-6,9,11-12,14,17H,7-8,10H2,1-4H3. The van der Waals surface area contributed by atoms with Gasteiger partial charge in [-0.1, -0.05) is 45.9 Å². The Morgan fingerprint density at radius 1 is 1.11 bits per heavy atom. The number of alkyl halides is 1. The molecule has 1 aromatic rings. The van der Waals surface area contributed by atoms with E-state index in [4.69, 9.17) is 16.3 Å². The van der Waals surface area contributed by atoms with Gasteiger partial charge in [0.15, 0.2) is 0 Å². The molecule has 2 heteroatoms. The van der Waals surface area contributed by atoms with Gasteiger partial charge in [0.2, 0.25) is 0 Å². The van der Waals surface area contributed by atoms with Crippen LogP contribution in [0, 0.1) is 5.92 Å². The number of hydrogen-bond donors (Lipinski definition) is 0. The Hall–Kier alpha value is -0.530. The summed E-state index contributed by atoms with van der Waals surface area (Å²) in [5.74, 6) is 1.54. The molecule has 1 aliphatic rings. The third kappa shape index (κ3) is 3.32. The largest absolute Gasteiger partial charge is 0.381 e. The van der Waals surface area contributed by atoms with Crippen LogP contribution in [0.1, 0.15) is 68.0 Å². The van der Waals surface area contributed by atoms with Gasteiger partial charge in [0, 0.05) is 12.5 Å². The molecule has 2 rings (SSSR count). The Morgan fingerprint density at radius 3 is 2.37 bits per heavy atom. The van der Waals surface area contributed by atoms with Gasteiger partial charge in [-0.2, -0.15) is 0 Å². The molecule has 1 aliphatic heterocycles. The van der Waals surface area contributed by atoms with Crippen molar-refractivity contribution in [2.75, 3.05) is 13.2 Å². The average molecular weight is 281 g/mol. The van der Waals surface area contributed by atoms with E-state index in [9.17, 15) is 0 Å². The van der Waals surface area contributed by atoms with Gasteiger partial charge in [0.25, 0.3) is 0 Å². The molecular formula is C17H25ClO. The quantitative estimate of drug-likeness (QED) is 0.685. The molecule has 2 unspecified atom stereocenters. The predicted molar refractivity (Wildman–Crippen MR) is 82.1 cm³/mol. The first-order chi connectivity index (χ1) is 9.00. The summed E-state index contributed by atoms with van der Waals surface area (Å²) < 4.78 is 5.48. The summed E-state index contributed by atoms with van der Waals surface area (Å²) in [6.45, 7) is 10.6. The Kier molecular flexibility index (Phi) is 4.92. The number of ether oxygens (including phenoxy) is 1. The maximum absolute atomic E-state index is 6.71. The van der Waals surface area contributed by atoms with Gasteiger partial charge >= 0.3 is 0 Å². The van der Waals surface area contributed by atoms with E-state index in [0.29, 0.717) is 17.8 Å². The molecule has 0 aromatic heterocycles. The first-order valence-electron chi connectivity index (χ1n) is 7.36. The van der Waals surface area contributed by atoms with Gasteiger partial charge in [-0.05, 0) is 34.9 Å².